The van der Waals surface area contributed by atoms with Crippen LogP contribution in [0, 0.1) is 0 Å². The van der Waals surface area contributed by atoms with Gasteiger partial charge in [0.25, 0.3) is 0 Å². The number of unbranched alkanes of at least 4 members (excludes halogenated alkanes) is 32. The molecule has 0 saturated carbocycles. The molecular formula is C47H90O6. The van der Waals surface area contributed by atoms with Gasteiger partial charge in [-0.1, -0.05) is 226 Å². The zero-order valence-electron chi connectivity index (χ0n) is 35.8. The third-order valence-corrected chi connectivity index (χ3v) is 10.6. The molecule has 314 valence electrons. The predicted molar refractivity (Wildman–Crippen MR) is 224 cm³/mol. The molecule has 1 atom stereocenters. The highest BCUT2D eigenvalue weighted by Gasteiger charge is 2.19. The summed E-state index contributed by atoms with van der Waals surface area (Å²) >= 11 is 0. The quantitative estimate of drug-likeness (QED) is 0.0351. The minimum Gasteiger partial charge on any atom is -0.462 e. The molecule has 0 amide bonds. The molecule has 0 unspecified atom stereocenters. The van der Waals surface area contributed by atoms with Crippen LogP contribution < -0.4 is 0 Å². The molecule has 0 spiro atoms. The van der Waals surface area contributed by atoms with E-state index in [-0.39, 0.29) is 31.1 Å². The summed E-state index contributed by atoms with van der Waals surface area (Å²) in [5, 5.41) is 0. The average Bonchev–Trinajstić information content (AvgIpc) is 3.15. The van der Waals surface area contributed by atoms with Crippen molar-refractivity contribution in [2.45, 2.75) is 271 Å². The van der Waals surface area contributed by atoms with Crippen LogP contribution in [0.2, 0.25) is 0 Å². The van der Waals surface area contributed by atoms with Crippen LogP contribution in [0.1, 0.15) is 265 Å². The van der Waals surface area contributed by atoms with Crippen LogP contribution in [0.3, 0.4) is 0 Å². The van der Waals surface area contributed by atoms with Crippen molar-refractivity contribution in [3.8, 4) is 0 Å². The van der Waals surface area contributed by atoms with Crippen LogP contribution in [0.4, 0.5) is 0 Å². The fourth-order valence-corrected chi connectivity index (χ4v) is 7.03. The summed E-state index contributed by atoms with van der Waals surface area (Å²) in [6.07, 6.45) is 43.8. The van der Waals surface area contributed by atoms with Crippen LogP contribution in [-0.2, 0) is 28.6 Å². The van der Waals surface area contributed by atoms with Gasteiger partial charge in [0.05, 0.1) is 0 Å². The van der Waals surface area contributed by atoms with Gasteiger partial charge in [-0.25, -0.2) is 0 Å². The van der Waals surface area contributed by atoms with E-state index in [4.69, 9.17) is 14.2 Å². The minimum absolute atomic E-state index is 0.0629. The molecule has 0 aliphatic rings. The van der Waals surface area contributed by atoms with E-state index < -0.39 is 6.10 Å². The Morgan fingerprint density at radius 2 is 0.509 bits per heavy atom. The minimum atomic E-state index is -0.757. The lowest BCUT2D eigenvalue weighted by molar-refractivity contribution is -0.167. The van der Waals surface area contributed by atoms with Gasteiger partial charge in [0.2, 0.25) is 0 Å². The van der Waals surface area contributed by atoms with Crippen molar-refractivity contribution in [1.82, 2.24) is 0 Å². The number of carbonyl (C=O) groups is 3. The highest BCUT2D eigenvalue weighted by Crippen LogP contribution is 2.16. The number of carbonyl (C=O) groups excluding carboxylic acids is 3. The highest BCUT2D eigenvalue weighted by molar-refractivity contribution is 5.71. The van der Waals surface area contributed by atoms with Crippen LogP contribution in [0.15, 0.2) is 0 Å². The Labute approximate surface area is 329 Å². The molecule has 0 rings (SSSR count). The summed E-state index contributed by atoms with van der Waals surface area (Å²) in [5.41, 5.74) is 0. The van der Waals surface area contributed by atoms with Crippen molar-refractivity contribution in [3.05, 3.63) is 0 Å². The Kier molecular flexibility index (Phi) is 41.8. The molecular weight excluding hydrogens is 661 g/mol. The lowest BCUT2D eigenvalue weighted by Crippen LogP contribution is -2.30. The largest absolute Gasteiger partial charge is 0.462 e. The van der Waals surface area contributed by atoms with Gasteiger partial charge in [-0.05, 0) is 19.3 Å². The van der Waals surface area contributed by atoms with E-state index in [1.165, 1.54) is 167 Å². The summed E-state index contributed by atoms with van der Waals surface area (Å²) in [7, 11) is 0. The lowest BCUT2D eigenvalue weighted by atomic mass is 10.0. The predicted octanol–water partition coefficient (Wildman–Crippen LogP) is 14.9. The van der Waals surface area contributed by atoms with E-state index in [0.717, 1.165) is 57.8 Å². The first kappa shape index (κ1) is 51.4. The van der Waals surface area contributed by atoms with Gasteiger partial charge in [0.15, 0.2) is 6.10 Å². The molecule has 53 heavy (non-hydrogen) atoms. The molecule has 0 heterocycles. The summed E-state index contributed by atoms with van der Waals surface area (Å²) < 4.78 is 16.7. The van der Waals surface area contributed by atoms with Gasteiger partial charge in [-0.3, -0.25) is 14.4 Å². The first-order chi connectivity index (χ1) is 26.0. The van der Waals surface area contributed by atoms with Crippen molar-refractivity contribution in [2.75, 3.05) is 13.2 Å². The third kappa shape index (κ3) is 41.4. The molecule has 0 aromatic heterocycles. The van der Waals surface area contributed by atoms with Crippen LogP contribution in [0.5, 0.6) is 0 Å². The molecule has 0 radical (unpaired) electrons. The maximum Gasteiger partial charge on any atom is 0.306 e. The molecule has 6 heteroatoms. The first-order valence-electron chi connectivity index (χ1n) is 23.5. The van der Waals surface area contributed by atoms with Gasteiger partial charge in [0.1, 0.15) is 13.2 Å². The van der Waals surface area contributed by atoms with E-state index in [1.54, 1.807) is 0 Å². The molecule has 6 nitrogen and oxygen atoms in total. The molecule has 0 aromatic carbocycles. The van der Waals surface area contributed by atoms with E-state index >= 15 is 0 Å². The van der Waals surface area contributed by atoms with Crippen molar-refractivity contribution >= 4 is 17.9 Å². The standard InChI is InChI=1S/C47H90O6/c1-4-7-10-13-16-18-20-22-23-25-27-29-32-35-38-41-47(50)53-44(42-51-45(48)39-36-33-30-15-12-9-6-3)43-52-46(49)40-37-34-31-28-26-24-21-19-17-14-11-8-5-2/h44H,4-43H2,1-3H3/t44-/m0/s1. The first-order valence-corrected chi connectivity index (χ1v) is 23.5. The second-order valence-electron chi connectivity index (χ2n) is 16.0. The van der Waals surface area contributed by atoms with Crippen molar-refractivity contribution < 1.29 is 28.6 Å². The molecule has 0 aliphatic heterocycles. The zero-order chi connectivity index (χ0) is 38.7. The third-order valence-electron chi connectivity index (χ3n) is 10.6. The maximum absolute atomic E-state index is 12.7. The Morgan fingerprint density at radius 1 is 0.302 bits per heavy atom. The zero-order valence-corrected chi connectivity index (χ0v) is 35.8. The molecule has 0 saturated heterocycles. The molecule has 0 bridgehead atoms. The Hall–Kier alpha value is -1.59. The second kappa shape index (κ2) is 43.1. The Morgan fingerprint density at radius 3 is 0.755 bits per heavy atom. The van der Waals surface area contributed by atoms with Crippen LogP contribution >= 0.6 is 0 Å². The molecule has 0 aliphatic carbocycles. The Balaban J connectivity index is 4.24. The van der Waals surface area contributed by atoms with Crippen LogP contribution in [-0.4, -0.2) is 37.2 Å². The monoisotopic (exact) mass is 751 g/mol. The SMILES string of the molecule is CCCCCCCCCCCCCCCCCC(=O)O[C@@H](COC(=O)CCCCCCCCC)COC(=O)CCCCCCCCCCCCCCC. The van der Waals surface area contributed by atoms with E-state index in [1.807, 2.05) is 0 Å². The second-order valence-corrected chi connectivity index (χ2v) is 16.0. The summed E-state index contributed by atoms with van der Waals surface area (Å²) in [5.74, 6) is -0.855. The summed E-state index contributed by atoms with van der Waals surface area (Å²) in [6.45, 7) is 6.62. The average molecular weight is 751 g/mol. The number of hydrogen-bond donors (Lipinski definition) is 0. The van der Waals surface area contributed by atoms with Gasteiger partial charge in [-0.15, -0.1) is 0 Å². The Bertz CT molecular complexity index is 783. The lowest BCUT2D eigenvalue weighted by Gasteiger charge is -2.18. The van der Waals surface area contributed by atoms with Crippen molar-refractivity contribution in [3.63, 3.8) is 0 Å². The van der Waals surface area contributed by atoms with Gasteiger partial charge in [0, 0.05) is 19.3 Å². The number of esters is 3. The topological polar surface area (TPSA) is 78.9 Å². The molecule has 0 aromatic rings. The maximum atomic E-state index is 12.7. The van der Waals surface area contributed by atoms with E-state index in [2.05, 4.69) is 20.8 Å². The number of ether oxygens (including phenoxy) is 3. The number of rotatable bonds is 43. The number of hydrogen-bond acceptors (Lipinski definition) is 6. The molecule has 0 fully saturated rings. The smallest absolute Gasteiger partial charge is 0.306 e. The highest BCUT2D eigenvalue weighted by atomic mass is 16.6. The van der Waals surface area contributed by atoms with Gasteiger partial charge in [-0.2, -0.15) is 0 Å². The summed E-state index contributed by atoms with van der Waals surface area (Å²) in [6, 6.07) is 0. The molecule has 0 N–H and O–H groups in total. The normalized spacial score (nSPS) is 11.8. The fourth-order valence-electron chi connectivity index (χ4n) is 7.03. The van der Waals surface area contributed by atoms with Crippen LogP contribution in [0.25, 0.3) is 0 Å². The van der Waals surface area contributed by atoms with Gasteiger partial charge >= 0.3 is 17.9 Å². The van der Waals surface area contributed by atoms with E-state index in [0.29, 0.717) is 19.3 Å². The van der Waals surface area contributed by atoms with Gasteiger partial charge < -0.3 is 14.2 Å². The van der Waals surface area contributed by atoms with E-state index in [9.17, 15) is 14.4 Å². The summed E-state index contributed by atoms with van der Waals surface area (Å²) in [4.78, 5) is 37.6. The fraction of sp³-hybridized carbons (Fsp3) is 0.936. The van der Waals surface area contributed by atoms with Crippen molar-refractivity contribution in [1.29, 1.82) is 0 Å². The van der Waals surface area contributed by atoms with Crippen molar-refractivity contribution in [2.24, 2.45) is 0 Å².